The lowest BCUT2D eigenvalue weighted by atomic mass is 9.92. The zero-order chi connectivity index (χ0) is 20.6. The van der Waals surface area contributed by atoms with Crippen molar-refractivity contribution >= 4 is 5.97 Å². The normalized spacial score (nSPS) is 10.7. The Balaban J connectivity index is 1.70. The van der Waals surface area contributed by atoms with Gasteiger partial charge < -0.3 is 9.84 Å². The van der Waals surface area contributed by atoms with Gasteiger partial charge in [-0.15, -0.1) is 0 Å². The number of hydrogen-bond donors (Lipinski definition) is 1. The Hall–Kier alpha value is -3.07. The molecule has 0 aliphatic heterocycles. The fraction of sp³-hybridized carbons (Fsp3) is 0.269. The average molecular weight is 389 g/mol. The molecule has 150 valence electrons. The fourth-order valence-corrected chi connectivity index (χ4v) is 3.61. The van der Waals surface area contributed by atoms with Crippen molar-refractivity contribution in [3.8, 4) is 16.9 Å². The molecule has 29 heavy (non-hydrogen) atoms. The molecule has 0 aliphatic rings. The van der Waals surface area contributed by atoms with E-state index in [2.05, 4.69) is 56.3 Å². The van der Waals surface area contributed by atoms with Gasteiger partial charge in [-0.25, -0.2) is 0 Å². The second-order valence-corrected chi connectivity index (χ2v) is 7.39. The Morgan fingerprint density at radius 1 is 0.931 bits per heavy atom. The molecule has 0 saturated heterocycles. The molecule has 3 nitrogen and oxygen atoms in total. The van der Waals surface area contributed by atoms with Crippen molar-refractivity contribution in [2.75, 3.05) is 0 Å². The topological polar surface area (TPSA) is 46.5 Å². The van der Waals surface area contributed by atoms with Gasteiger partial charge in [0.15, 0.2) is 0 Å². The molecule has 0 heterocycles. The Morgan fingerprint density at radius 2 is 1.69 bits per heavy atom. The highest BCUT2D eigenvalue weighted by Crippen LogP contribution is 2.29. The van der Waals surface area contributed by atoms with E-state index in [0.29, 0.717) is 13.0 Å². The van der Waals surface area contributed by atoms with Crippen LogP contribution in [0.1, 0.15) is 42.0 Å². The van der Waals surface area contributed by atoms with Gasteiger partial charge in [0.1, 0.15) is 12.4 Å². The van der Waals surface area contributed by atoms with E-state index in [1.54, 1.807) is 0 Å². The molecular weight excluding hydrogens is 360 g/mol. The number of rotatable bonds is 9. The summed E-state index contributed by atoms with van der Waals surface area (Å²) in [5.41, 5.74) is 7.39. The van der Waals surface area contributed by atoms with Crippen LogP contribution < -0.4 is 4.74 Å². The highest BCUT2D eigenvalue weighted by atomic mass is 16.5. The van der Waals surface area contributed by atoms with Crippen LogP contribution in [0.15, 0.2) is 66.7 Å². The van der Waals surface area contributed by atoms with Crippen molar-refractivity contribution in [1.82, 2.24) is 0 Å². The van der Waals surface area contributed by atoms with Gasteiger partial charge >= 0.3 is 5.97 Å². The molecule has 3 rings (SSSR count). The maximum absolute atomic E-state index is 10.7. The summed E-state index contributed by atoms with van der Waals surface area (Å²) in [6.07, 6.45) is 2.88. The summed E-state index contributed by atoms with van der Waals surface area (Å²) in [5.74, 6) is 0.0120. The standard InChI is InChI=1S/C26H28O3/c1-3-6-22-9-4-7-19(2)26(22)23-10-5-8-21(17-23)18-29-24-14-11-20(12-15-24)13-16-25(27)28/h4-5,7-12,14-15,17H,3,6,13,16,18H2,1-2H3,(H,27,28). The first kappa shape index (κ1) is 20.7. The maximum Gasteiger partial charge on any atom is 0.303 e. The van der Waals surface area contributed by atoms with Crippen molar-refractivity contribution in [1.29, 1.82) is 0 Å². The van der Waals surface area contributed by atoms with E-state index in [4.69, 9.17) is 9.84 Å². The molecule has 0 amide bonds. The molecule has 0 saturated carbocycles. The third-order valence-corrected chi connectivity index (χ3v) is 5.05. The molecule has 0 atom stereocenters. The first-order valence-electron chi connectivity index (χ1n) is 10.2. The lowest BCUT2D eigenvalue weighted by molar-refractivity contribution is -0.136. The quantitative estimate of drug-likeness (QED) is 0.474. The van der Waals surface area contributed by atoms with Crippen LogP contribution in [0.25, 0.3) is 11.1 Å². The number of ether oxygens (including phenoxy) is 1. The van der Waals surface area contributed by atoms with Gasteiger partial charge in [0.25, 0.3) is 0 Å². The van der Waals surface area contributed by atoms with Crippen LogP contribution in [0.5, 0.6) is 5.75 Å². The van der Waals surface area contributed by atoms with Crippen molar-refractivity contribution in [3.05, 3.63) is 89.0 Å². The molecule has 3 aromatic carbocycles. The highest BCUT2D eigenvalue weighted by Gasteiger charge is 2.09. The van der Waals surface area contributed by atoms with E-state index in [-0.39, 0.29) is 6.42 Å². The molecule has 0 aliphatic carbocycles. The van der Waals surface area contributed by atoms with E-state index in [0.717, 1.165) is 29.7 Å². The Morgan fingerprint density at radius 3 is 2.41 bits per heavy atom. The first-order valence-corrected chi connectivity index (χ1v) is 10.2. The minimum absolute atomic E-state index is 0.145. The largest absolute Gasteiger partial charge is 0.489 e. The van der Waals surface area contributed by atoms with Crippen LogP contribution in [0.4, 0.5) is 0 Å². The maximum atomic E-state index is 10.7. The van der Waals surface area contributed by atoms with Crippen LogP contribution in [0.3, 0.4) is 0 Å². The Bertz CT molecular complexity index is 958. The SMILES string of the molecule is CCCc1cccc(C)c1-c1cccc(COc2ccc(CCC(=O)O)cc2)c1. The Labute approximate surface area is 173 Å². The van der Waals surface area contributed by atoms with E-state index in [1.165, 1.54) is 22.3 Å². The summed E-state index contributed by atoms with van der Waals surface area (Å²) in [5, 5.41) is 8.78. The summed E-state index contributed by atoms with van der Waals surface area (Å²) >= 11 is 0. The number of aliphatic carboxylic acids is 1. The van der Waals surface area contributed by atoms with Gasteiger partial charge in [0.2, 0.25) is 0 Å². The first-order chi connectivity index (χ1) is 14.1. The smallest absolute Gasteiger partial charge is 0.303 e. The second-order valence-electron chi connectivity index (χ2n) is 7.39. The van der Waals surface area contributed by atoms with Crippen molar-refractivity contribution in [2.24, 2.45) is 0 Å². The lowest BCUT2D eigenvalue weighted by Gasteiger charge is -2.14. The average Bonchev–Trinajstić information content (AvgIpc) is 2.72. The van der Waals surface area contributed by atoms with E-state index >= 15 is 0 Å². The molecule has 1 N–H and O–H groups in total. The summed E-state index contributed by atoms with van der Waals surface area (Å²) in [4.78, 5) is 10.7. The number of carboxylic acids is 1. The van der Waals surface area contributed by atoms with E-state index in [1.807, 2.05) is 24.3 Å². The molecule has 0 radical (unpaired) electrons. The third kappa shape index (κ3) is 5.71. The van der Waals surface area contributed by atoms with E-state index in [9.17, 15) is 4.79 Å². The molecule has 0 fully saturated rings. The fourth-order valence-electron chi connectivity index (χ4n) is 3.61. The van der Waals surface area contributed by atoms with Crippen molar-refractivity contribution < 1.29 is 14.6 Å². The van der Waals surface area contributed by atoms with Crippen molar-refractivity contribution in [3.63, 3.8) is 0 Å². The predicted octanol–water partition coefficient (Wildman–Crippen LogP) is 6.21. The summed E-state index contributed by atoms with van der Waals surface area (Å²) in [6, 6.07) is 22.8. The number of benzene rings is 3. The molecule has 0 unspecified atom stereocenters. The zero-order valence-electron chi connectivity index (χ0n) is 17.2. The zero-order valence-corrected chi connectivity index (χ0v) is 17.2. The summed E-state index contributed by atoms with van der Waals surface area (Å²) in [7, 11) is 0. The second kappa shape index (κ2) is 9.92. The summed E-state index contributed by atoms with van der Waals surface area (Å²) in [6.45, 7) is 4.88. The van der Waals surface area contributed by atoms with Gasteiger partial charge in [-0.3, -0.25) is 4.79 Å². The number of aryl methyl sites for hydroxylation is 3. The third-order valence-electron chi connectivity index (χ3n) is 5.05. The Kier molecular flexibility index (Phi) is 7.07. The van der Waals surface area contributed by atoms with Gasteiger partial charge in [-0.2, -0.15) is 0 Å². The molecular formula is C26H28O3. The minimum atomic E-state index is -0.777. The van der Waals surface area contributed by atoms with Crippen LogP contribution in [-0.2, 0) is 24.2 Å². The molecule has 0 aromatic heterocycles. The molecule has 0 bridgehead atoms. The lowest BCUT2D eigenvalue weighted by Crippen LogP contribution is -1.99. The van der Waals surface area contributed by atoms with Crippen LogP contribution in [0, 0.1) is 6.92 Å². The van der Waals surface area contributed by atoms with Gasteiger partial charge in [0.05, 0.1) is 0 Å². The van der Waals surface area contributed by atoms with E-state index < -0.39 is 5.97 Å². The predicted molar refractivity (Wildman–Crippen MR) is 117 cm³/mol. The van der Waals surface area contributed by atoms with Crippen LogP contribution >= 0.6 is 0 Å². The van der Waals surface area contributed by atoms with Gasteiger partial charge in [-0.1, -0.05) is 61.9 Å². The van der Waals surface area contributed by atoms with Gasteiger partial charge in [0, 0.05) is 6.42 Å². The monoisotopic (exact) mass is 388 g/mol. The number of carboxylic acid groups (broad SMARTS) is 1. The molecule has 3 aromatic rings. The highest BCUT2D eigenvalue weighted by molar-refractivity contribution is 5.71. The van der Waals surface area contributed by atoms with Crippen molar-refractivity contribution in [2.45, 2.75) is 46.1 Å². The van der Waals surface area contributed by atoms with Gasteiger partial charge in [-0.05, 0) is 71.3 Å². The minimum Gasteiger partial charge on any atom is -0.489 e. The molecule has 3 heteroatoms. The number of hydrogen-bond acceptors (Lipinski definition) is 2. The van der Waals surface area contributed by atoms with Crippen LogP contribution in [-0.4, -0.2) is 11.1 Å². The number of carbonyl (C=O) groups is 1. The molecule has 0 spiro atoms. The van der Waals surface area contributed by atoms with Crippen LogP contribution in [0.2, 0.25) is 0 Å². The summed E-state index contributed by atoms with van der Waals surface area (Å²) < 4.78 is 5.96.